The number of aryl methyl sites for hydroxylation is 3. The Morgan fingerprint density at radius 2 is 2.14 bits per heavy atom. The van der Waals surface area contributed by atoms with Gasteiger partial charge in [0.15, 0.2) is 0 Å². The molecule has 0 bridgehead atoms. The van der Waals surface area contributed by atoms with Gasteiger partial charge in [-0.3, -0.25) is 14.3 Å². The Morgan fingerprint density at radius 3 is 2.77 bits per heavy atom. The number of hydrogen-bond donors (Lipinski definition) is 2. The van der Waals surface area contributed by atoms with Crippen LogP contribution in [0.5, 0.6) is 0 Å². The topological polar surface area (TPSA) is 79.8 Å². The van der Waals surface area contributed by atoms with E-state index in [1.165, 1.54) is 0 Å². The lowest BCUT2D eigenvalue weighted by Crippen LogP contribution is -2.28. The first-order valence-electron chi connectivity index (χ1n) is 7.42. The number of nitrogens with one attached hydrogen (secondary N) is 2. The fraction of sp³-hybridized carbons (Fsp3) is 0.438. The van der Waals surface area contributed by atoms with E-state index in [2.05, 4.69) is 22.3 Å². The molecular weight excluding hydrogens is 280 g/mol. The Kier molecular flexibility index (Phi) is 4.80. The first-order chi connectivity index (χ1) is 10.4. The first kappa shape index (κ1) is 16.0. The Morgan fingerprint density at radius 1 is 1.41 bits per heavy atom. The Balaban J connectivity index is 2.16. The van der Waals surface area contributed by atoms with Crippen molar-refractivity contribution in [2.45, 2.75) is 40.2 Å². The average Bonchev–Trinajstić information content (AvgIpc) is 2.79. The molecule has 0 unspecified atom stereocenters. The molecule has 2 rings (SSSR count). The highest BCUT2D eigenvalue weighted by atomic mass is 16.2. The third-order valence-electron chi connectivity index (χ3n) is 3.71. The van der Waals surface area contributed by atoms with Crippen molar-refractivity contribution in [2.24, 2.45) is 7.05 Å². The molecule has 0 fully saturated rings. The maximum atomic E-state index is 12.3. The maximum absolute atomic E-state index is 12.3. The molecule has 0 aromatic carbocycles. The summed E-state index contributed by atoms with van der Waals surface area (Å²) in [5.74, 6) is -0.198. The number of aromatic amines is 1. The van der Waals surface area contributed by atoms with Crippen molar-refractivity contribution in [3.63, 3.8) is 0 Å². The molecular formula is C16H22N4O2. The van der Waals surface area contributed by atoms with Crippen LogP contribution >= 0.6 is 0 Å². The summed E-state index contributed by atoms with van der Waals surface area (Å²) < 4.78 is 1.72. The van der Waals surface area contributed by atoms with E-state index in [9.17, 15) is 9.59 Å². The summed E-state index contributed by atoms with van der Waals surface area (Å²) in [6.45, 7) is 5.98. The molecule has 0 aliphatic rings. The summed E-state index contributed by atoms with van der Waals surface area (Å²) >= 11 is 0. The van der Waals surface area contributed by atoms with Crippen LogP contribution in [0.1, 0.15) is 46.2 Å². The van der Waals surface area contributed by atoms with Crippen LogP contribution in [0.4, 0.5) is 0 Å². The number of rotatable bonds is 5. The SMILES string of the molecule is CCCc1c(C(=O)NCc2c(C)cc(C)[nH]c2=O)cnn1C. The number of H-pyrrole nitrogens is 1. The van der Waals surface area contributed by atoms with Gasteiger partial charge in [0.2, 0.25) is 0 Å². The summed E-state index contributed by atoms with van der Waals surface area (Å²) in [4.78, 5) is 27.1. The third kappa shape index (κ3) is 3.27. The molecule has 0 radical (unpaired) electrons. The zero-order valence-electron chi connectivity index (χ0n) is 13.5. The van der Waals surface area contributed by atoms with Crippen molar-refractivity contribution in [3.05, 3.63) is 50.7 Å². The van der Waals surface area contributed by atoms with E-state index in [0.717, 1.165) is 29.8 Å². The number of hydrogen-bond acceptors (Lipinski definition) is 3. The second kappa shape index (κ2) is 6.60. The smallest absolute Gasteiger partial charge is 0.255 e. The Hall–Kier alpha value is -2.37. The van der Waals surface area contributed by atoms with Gasteiger partial charge in [-0.25, -0.2) is 0 Å². The maximum Gasteiger partial charge on any atom is 0.255 e. The van der Waals surface area contributed by atoms with Crippen molar-refractivity contribution in [1.82, 2.24) is 20.1 Å². The monoisotopic (exact) mass is 302 g/mol. The van der Waals surface area contributed by atoms with E-state index < -0.39 is 0 Å². The molecule has 0 saturated carbocycles. The predicted octanol–water partition coefficient (Wildman–Crippen LogP) is 1.61. The Bertz CT molecular complexity index is 743. The zero-order valence-corrected chi connectivity index (χ0v) is 13.5. The summed E-state index contributed by atoms with van der Waals surface area (Å²) in [6.07, 6.45) is 3.31. The predicted molar refractivity (Wildman–Crippen MR) is 84.9 cm³/mol. The molecule has 22 heavy (non-hydrogen) atoms. The minimum Gasteiger partial charge on any atom is -0.348 e. The van der Waals surface area contributed by atoms with Crippen LogP contribution in [0.25, 0.3) is 0 Å². The van der Waals surface area contributed by atoms with Crippen molar-refractivity contribution in [3.8, 4) is 0 Å². The van der Waals surface area contributed by atoms with Gasteiger partial charge >= 0.3 is 0 Å². The van der Waals surface area contributed by atoms with Gasteiger partial charge in [-0.15, -0.1) is 0 Å². The van der Waals surface area contributed by atoms with Crippen molar-refractivity contribution < 1.29 is 4.79 Å². The molecule has 0 aliphatic heterocycles. The van der Waals surface area contributed by atoms with E-state index >= 15 is 0 Å². The van der Waals surface area contributed by atoms with E-state index in [1.54, 1.807) is 10.9 Å². The molecule has 2 N–H and O–H groups in total. The molecule has 1 amide bonds. The highest BCUT2D eigenvalue weighted by molar-refractivity contribution is 5.95. The number of aromatic nitrogens is 3. The van der Waals surface area contributed by atoms with Gasteiger partial charge in [0.25, 0.3) is 11.5 Å². The minimum absolute atomic E-state index is 0.155. The quantitative estimate of drug-likeness (QED) is 0.880. The van der Waals surface area contributed by atoms with Gasteiger partial charge in [0.05, 0.1) is 17.5 Å². The standard InChI is InChI=1S/C16H22N4O2/c1-5-6-14-13(9-18-20(14)4)15(21)17-8-12-10(2)7-11(3)19-16(12)22/h7,9H,5-6,8H2,1-4H3,(H,17,21)(H,19,22). The first-order valence-corrected chi connectivity index (χ1v) is 7.42. The minimum atomic E-state index is -0.198. The molecule has 118 valence electrons. The van der Waals surface area contributed by atoms with E-state index in [-0.39, 0.29) is 18.0 Å². The second-order valence-electron chi connectivity index (χ2n) is 5.50. The average molecular weight is 302 g/mol. The molecule has 2 aromatic heterocycles. The second-order valence-corrected chi connectivity index (χ2v) is 5.50. The van der Waals surface area contributed by atoms with Gasteiger partial charge in [0.1, 0.15) is 0 Å². The summed E-state index contributed by atoms with van der Waals surface area (Å²) in [7, 11) is 1.83. The van der Waals surface area contributed by atoms with Gasteiger partial charge in [-0.1, -0.05) is 13.3 Å². The number of pyridine rings is 1. The Labute approximate surface area is 129 Å². The van der Waals surface area contributed by atoms with Crippen LogP contribution in [0, 0.1) is 13.8 Å². The lowest BCUT2D eigenvalue weighted by Gasteiger charge is -2.09. The molecule has 6 heteroatoms. The van der Waals surface area contributed by atoms with Crippen molar-refractivity contribution >= 4 is 5.91 Å². The number of nitrogens with zero attached hydrogens (tertiary/aromatic N) is 2. The highest BCUT2D eigenvalue weighted by Gasteiger charge is 2.16. The summed E-state index contributed by atoms with van der Waals surface area (Å²) in [5.41, 5.74) is 3.61. The van der Waals surface area contributed by atoms with Gasteiger partial charge in [0, 0.05) is 24.8 Å². The van der Waals surface area contributed by atoms with Gasteiger partial charge in [-0.05, 0) is 31.9 Å². The molecule has 0 atom stereocenters. The molecule has 0 aliphatic carbocycles. The van der Waals surface area contributed by atoms with Crippen LogP contribution < -0.4 is 10.9 Å². The number of carbonyl (C=O) groups is 1. The summed E-state index contributed by atoms with van der Waals surface area (Å²) in [5, 5.41) is 6.96. The van der Waals surface area contributed by atoms with Gasteiger partial charge < -0.3 is 10.3 Å². The van der Waals surface area contributed by atoms with Crippen LogP contribution in [0.3, 0.4) is 0 Å². The van der Waals surface area contributed by atoms with Crippen molar-refractivity contribution in [2.75, 3.05) is 0 Å². The fourth-order valence-electron chi connectivity index (χ4n) is 2.55. The zero-order chi connectivity index (χ0) is 16.3. The fourth-order valence-corrected chi connectivity index (χ4v) is 2.55. The van der Waals surface area contributed by atoms with Crippen LogP contribution in [-0.4, -0.2) is 20.7 Å². The largest absolute Gasteiger partial charge is 0.348 e. The molecule has 0 spiro atoms. The molecule has 2 aromatic rings. The molecule has 2 heterocycles. The van der Waals surface area contributed by atoms with E-state index in [1.807, 2.05) is 27.0 Å². The van der Waals surface area contributed by atoms with Crippen LogP contribution in [0.2, 0.25) is 0 Å². The van der Waals surface area contributed by atoms with Crippen LogP contribution in [0.15, 0.2) is 17.1 Å². The van der Waals surface area contributed by atoms with E-state index in [4.69, 9.17) is 0 Å². The lowest BCUT2D eigenvalue weighted by atomic mass is 10.1. The normalized spacial score (nSPS) is 10.7. The summed E-state index contributed by atoms with van der Waals surface area (Å²) in [6, 6.07) is 1.90. The third-order valence-corrected chi connectivity index (χ3v) is 3.71. The number of carbonyl (C=O) groups excluding carboxylic acids is 1. The molecule has 0 saturated heterocycles. The van der Waals surface area contributed by atoms with Crippen LogP contribution in [-0.2, 0) is 20.0 Å². The van der Waals surface area contributed by atoms with Gasteiger partial charge in [-0.2, -0.15) is 5.10 Å². The van der Waals surface area contributed by atoms with E-state index in [0.29, 0.717) is 11.1 Å². The number of amides is 1. The highest BCUT2D eigenvalue weighted by Crippen LogP contribution is 2.10. The molecule has 6 nitrogen and oxygen atoms in total. The van der Waals surface area contributed by atoms with Crippen molar-refractivity contribution in [1.29, 1.82) is 0 Å². The lowest BCUT2D eigenvalue weighted by molar-refractivity contribution is 0.0949.